The molecule has 1 aromatic carbocycles. The molecule has 0 aliphatic carbocycles. The summed E-state index contributed by atoms with van der Waals surface area (Å²) in [6.45, 7) is 4.40. The molecule has 0 fully saturated rings. The summed E-state index contributed by atoms with van der Waals surface area (Å²) < 4.78 is 10.1. The summed E-state index contributed by atoms with van der Waals surface area (Å²) in [6.07, 6.45) is 1.37. The molecule has 0 radical (unpaired) electrons. The zero-order chi connectivity index (χ0) is 17.9. The fourth-order valence-electron chi connectivity index (χ4n) is 2.76. The van der Waals surface area contributed by atoms with Crippen molar-refractivity contribution in [2.24, 2.45) is 11.8 Å². The number of carbonyl (C=O) groups excluding carboxylic acids is 1. The van der Waals surface area contributed by atoms with Gasteiger partial charge in [-0.1, -0.05) is 44.2 Å². The fourth-order valence-corrected chi connectivity index (χ4v) is 2.76. The predicted octanol–water partition coefficient (Wildman–Crippen LogP) is 3.49. The number of rotatable bonds is 11. The Labute approximate surface area is 144 Å². The molecule has 0 bridgehead atoms. The Balaban J connectivity index is 2.79. The van der Waals surface area contributed by atoms with Gasteiger partial charge >= 0.3 is 11.9 Å². The maximum absolute atomic E-state index is 12.4. The fraction of sp³-hybridized carbons (Fsp3) is 0.579. The van der Waals surface area contributed by atoms with Gasteiger partial charge in [0.15, 0.2) is 0 Å². The smallest absolute Gasteiger partial charge is 0.309 e. The van der Waals surface area contributed by atoms with Crippen LogP contribution >= 0.6 is 0 Å². The molecular formula is C19H28O5. The lowest BCUT2D eigenvalue weighted by Crippen LogP contribution is -2.26. The number of ether oxygens (including phenoxy) is 2. The Hall–Kier alpha value is -1.88. The first-order valence-corrected chi connectivity index (χ1v) is 8.42. The van der Waals surface area contributed by atoms with E-state index in [-0.39, 0.29) is 18.5 Å². The highest BCUT2D eigenvalue weighted by Crippen LogP contribution is 2.29. The van der Waals surface area contributed by atoms with Gasteiger partial charge in [0.05, 0.1) is 18.4 Å². The molecule has 3 atom stereocenters. The van der Waals surface area contributed by atoms with Crippen LogP contribution in [0.1, 0.15) is 44.6 Å². The third-order valence-corrected chi connectivity index (χ3v) is 4.28. The van der Waals surface area contributed by atoms with E-state index in [1.54, 1.807) is 7.11 Å². The van der Waals surface area contributed by atoms with Crippen molar-refractivity contribution >= 4 is 11.9 Å². The van der Waals surface area contributed by atoms with Gasteiger partial charge in [-0.15, -0.1) is 0 Å². The summed E-state index contributed by atoms with van der Waals surface area (Å²) in [5.74, 6) is -2.02. The summed E-state index contributed by atoms with van der Waals surface area (Å²) in [5.41, 5.74) is 1.13. The van der Waals surface area contributed by atoms with E-state index in [4.69, 9.17) is 9.47 Å². The van der Waals surface area contributed by atoms with Crippen molar-refractivity contribution in [2.75, 3.05) is 20.3 Å². The number of aliphatic carboxylic acids is 1. The molecule has 0 aliphatic heterocycles. The van der Waals surface area contributed by atoms with Crippen LogP contribution in [0.2, 0.25) is 0 Å². The van der Waals surface area contributed by atoms with Gasteiger partial charge in [-0.05, 0) is 30.7 Å². The zero-order valence-corrected chi connectivity index (χ0v) is 14.7. The first kappa shape index (κ1) is 20.2. The van der Waals surface area contributed by atoms with Crippen LogP contribution in [0.3, 0.4) is 0 Å². The summed E-state index contributed by atoms with van der Waals surface area (Å²) in [7, 11) is 1.54. The van der Waals surface area contributed by atoms with Crippen molar-refractivity contribution in [3.05, 3.63) is 35.9 Å². The Morgan fingerprint density at radius 3 is 2.29 bits per heavy atom. The molecule has 0 saturated carbocycles. The van der Waals surface area contributed by atoms with Crippen LogP contribution in [0.5, 0.6) is 0 Å². The lowest BCUT2D eigenvalue weighted by molar-refractivity contribution is -0.152. The zero-order valence-electron chi connectivity index (χ0n) is 14.7. The average Bonchev–Trinajstić information content (AvgIpc) is 2.58. The van der Waals surface area contributed by atoms with Gasteiger partial charge in [0.25, 0.3) is 0 Å². The molecule has 1 aromatic rings. The van der Waals surface area contributed by atoms with E-state index in [0.29, 0.717) is 25.9 Å². The van der Waals surface area contributed by atoms with Crippen LogP contribution in [0.15, 0.2) is 30.3 Å². The van der Waals surface area contributed by atoms with Crippen molar-refractivity contribution in [2.45, 2.75) is 39.0 Å². The third kappa shape index (κ3) is 6.71. The number of carboxylic acids is 1. The highest BCUT2D eigenvalue weighted by Gasteiger charge is 2.29. The minimum atomic E-state index is -0.862. The van der Waals surface area contributed by atoms with Crippen molar-refractivity contribution in [3.63, 3.8) is 0 Å². The first-order valence-electron chi connectivity index (χ1n) is 8.42. The van der Waals surface area contributed by atoms with Gasteiger partial charge < -0.3 is 14.6 Å². The van der Waals surface area contributed by atoms with Crippen molar-refractivity contribution in [1.82, 2.24) is 0 Å². The molecular weight excluding hydrogens is 308 g/mol. The van der Waals surface area contributed by atoms with Crippen LogP contribution < -0.4 is 0 Å². The minimum Gasteiger partial charge on any atom is -0.481 e. The molecule has 1 N–H and O–H groups in total. The quantitative estimate of drug-likeness (QED) is 0.495. The van der Waals surface area contributed by atoms with Crippen LogP contribution in [-0.4, -0.2) is 37.4 Å². The van der Waals surface area contributed by atoms with Crippen molar-refractivity contribution in [3.8, 4) is 0 Å². The molecule has 5 heteroatoms. The van der Waals surface area contributed by atoms with Gasteiger partial charge in [-0.3, -0.25) is 9.59 Å². The lowest BCUT2D eigenvalue weighted by Gasteiger charge is -2.22. The average molecular weight is 336 g/mol. The maximum Gasteiger partial charge on any atom is 0.309 e. The maximum atomic E-state index is 12.4. The second-order valence-electron chi connectivity index (χ2n) is 6.08. The number of benzene rings is 1. The van der Waals surface area contributed by atoms with Crippen LogP contribution in [0.25, 0.3) is 0 Å². The van der Waals surface area contributed by atoms with Gasteiger partial charge in [-0.25, -0.2) is 0 Å². The number of carbonyl (C=O) groups is 2. The molecule has 5 nitrogen and oxygen atoms in total. The summed E-state index contributed by atoms with van der Waals surface area (Å²) in [5, 5.41) is 9.30. The molecule has 3 unspecified atom stereocenters. The number of hydrogen-bond donors (Lipinski definition) is 1. The number of carboxylic acid groups (broad SMARTS) is 1. The van der Waals surface area contributed by atoms with Gasteiger partial charge in [0.2, 0.25) is 0 Å². The summed E-state index contributed by atoms with van der Waals surface area (Å²) in [4.78, 5) is 23.7. The van der Waals surface area contributed by atoms with Crippen LogP contribution in [0.4, 0.5) is 0 Å². The SMILES string of the molecule is CCC(CC(CC(C)c1ccccc1)C(=O)OCCOC)C(=O)O. The Morgan fingerprint density at radius 1 is 1.08 bits per heavy atom. The van der Waals surface area contributed by atoms with Crippen LogP contribution in [0, 0.1) is 11.8 Å². The first-order chi connectivity index (χ1) is 11.5. The Bertz CT molecular complexity index is 500. The summed E-state index contributed by atoms with van der Waals surface area (Å²) >= 11 is 0. The Kier molecular flexibility index (Phi) is 9.08. The third-order valence-electron chi connectivity index (χ3n) is 4.28. The molecule has 24 heavy (non-hydrogen) atoms. The molecule has 134 valence electrons. The largest absolute Gasteiger partial charge is 0.481 e. The molecule has 0 aliphatic rings. The van der Waals surface area contributed by atoms with E-state index in [1.807, 2.05) is 44.2 Å². The van der Waals surface area contributed by atoms with Gasteiger partial charge in [0, 0.05) is 7.11 Å². The minimum absolute atomic E-state index is 0.150. The van der Waals surface area contributed by atoms with E-state index < -0.39 is 17.8 Å². The van der Waals surface area contributed by atoms with E-state index in [9.17, 15) is 14.7 Å². The molecule has 0 heterocycles. The molecule has 0 aromatic heterocycles. The van der Waals surface area contributed by atoms with Crippen molar-refractivity contribution < 1.29 is 24.2 Å². The topological polar surface area (TPSA) is 72.8 Å². The number of methoxy groups -OCH3 is 1. The van der Waals surface area contributed by atoms with E-state index in [1.165, 1.54) is 0 Å². The van der Waals surface area contributed by atoms with Gasteiger partial charge in [-0.2, -0.15) is 0 Å². The van der Waals surface area contributed by atoms with Crippen LogP contribution in [-0.2, 0) is 19.1 Å². The number of esters is 1. The Morgan fingerprint density at radius 2 is 1.75 bits per heavy atom. The second-order valence-corrected chi connectivity index (χ2v) is 6.08. The lowest BCUT2D eigenvalue weighted by atomic mass is 9.84. The molecule has 0 spiro atoms. The monoisotopic (exact) mass is 336 g/mol. The standard InChI is InChI=1S/C19H28O5/c1-4-15(18(20)21)13-17(19(22)24-11-10-23-3)12-14(2)16-8-6-5-7-9-16/h5-9,14-15,17H,4,10-13H2,1-3H3,(H,20,21). The predicted molar refractivity (Wildman–Crippen MR) is 91.8 cm³/mol. The van der Waals surface area contributed by atoms with E-state index in [2.05, 4.69) is 0 Å². The van der Waals surface area contributed by atoms with Crippen molar-refractivity contribution in [1.29, 1.82) is 0 Å². The molecule has 0 amide bonds. The highest BCUT2D eigenvalue weighted by molar-refractivity contribution is 5.75. The number of hydrogen-bond acceptors (Lipinski definition) is 4. The highest BCUT2D eigenvalue weighted by atomic mass is 16.6. The van der Waals surface area contributed by atoms with E-state index in [0.717, 1.165) is 5.56 Å². The second kappa shape index (κ2) is 10.8. The summed E-state index contributed by atoms with van der Waals surface area (Å²) in [6, 6.07) is 9.91. The van der Waals surface area contributed by atoms with Gasteiger partial charge in [0.1, 0.15) is 6.61 Å². The molecule has 1 rings (SSSR count). The van der Waals surface area contributed by atoms with E-state index >= 15 is 0 Å². The normalized spacial score (nSPS) is 14.6. The molecule has 0 saturated heterocycles.